The van der Waals surface area contributed by atoms with Gasteiger partial charge in [0.15, 0.2) is 0 Å². The molecule has 0 amide bonds. The van der Waals surface area contributed by atoms with Crippen LogP contribution in [0.3, 0.4) is 0 Å². The highest BCUT2D eigenvalue weighted by atomic mass is 14.6. The van der Waals surface area contributed by atoms with Crippen molar-refractivity contribution in [1.82, 2.24) is 0 Å². The lowest BCUT2D eigenvalue weighted by atomic mass is 9.96. The third kappa shape index (κ3) is 2.15. The molecule has 0 saturated heterocycles. The van der Waals surface area contributed by atoms with E-state index >= 15 is 0 Å². The molecule has 0 aliphatic rings. The average Bonchev–Trinajstić information content (AvgIpc) is 2.46. The first-order chi connectivity index (χ1) is 9.40. The molecular weight excluding hydrogens is 230 g/mol. The Morgan fingerprint density at radius 3 is 2.00 bits per heavy atom. The Morgan fingerprint density at radius 1 is 0.842 bits per heavy atom. The minimum absolute atomic E-state index is 1.26. The van der Waals surface area contributed by atoms with E-state index in [1.54, 1.807) is 7.05 Å². The van der Waals surface area contributed by atoms with Crippen LogP contribution in [0.25, 0.3) is 27.6 Å². The molecule has 0 unspecified atom stereocenters. The molecule has 19 heavy (non-hydrogen) atoms. The Morgan fingerprint density at radius 2 is 1.42 bits per heavy atom. The van der Waals surface area contributed by atoms with Gasteiger partial charge in [0.05, 0.1) is 0 Å². The second-order valence-electron chi connectivity index (χ2n) is 4.50. The molecule has 0 fully saturated rings. The molecule has 1 heteroatoms. The third-order valence-electron chi connectivity index (χ3n) is 3.31. The second-order valence-corrected chi connectivity index (χ2v) is 4.50. The molecule has 0 radical (unpaired) electrons. The van der Waals surface area contributed by atoms with Crippen molar-refractivity contribution in [3.05, 3.63) is 66.2 Å². The lowest BCUT2D eigenvalue weighted by molar-refractivity contribution is 1.48. The van der Waals surface area contributed by atoms with Gasteiger partial charge in [-0.25, -0.2) is 0 Å². The average molecular weight is 245 g/mol. The minimum atomic E-state index is 1.26. The summed E-state index contributed by atoms with van der Waals surface area (Å²) in [6.07, 6.45) is 5.95. The zero-order valence-electron chi connectivity index (χ0n) is 10.9. The summed E-state index contributed by atoms with van der Waals surface area (Å²) in [6, 6.07) is 19.2. The number of fused-ring (bicyclic) bond motifs is 2. The Kier molecular flexibility index (Phi) is 3.11. The van der Waals surface area contributed by atoms with Crippen LogP contribution in [-0.4, -0.2) is 13.3 Å². The first-order valence-corrected chi connectivity index (χ1v) is 6.39. The van der Waals surface area contributed by atoms with Gasteiger partial charge in [-0.15, -0.1) is 0 Å². The zero-order chi connectivity index (χ0) is 13.1. The molecular formula is C18H15N. The summed E-state index contributed by atoms with van der Waals surface area (Å²) in [5.41, 5.74) is 1.26. The van der Waals surface area contributed by atoms with E-state index in [2.05, 4.69) is 65.7 Å². The first kappa shape index (κ1) is 11.7. The molecule has 0 saturated carbocycles. The molecule has 0 heterocycles. The number of benzene rings is 3. The maximum absolute atomic E-state index is 4.00. The maximum atomic E-state index is 4.00. The molecule has 0 spiro atoms. The lowest BCUT2D eigenvalue weighted by Gasteiger charge is -2.07. The summed E-state index contributed by atoms with van der Waals surface area (Å²) < 4.78 is 0. The fraction of sp³-hybridized carbons (Fsp3) is 0.0556. The Bertz CT molecular complexity index is 728. The van der Waals surface area contributed by atoms with Crippen molar-refractivity contribution in [2.24, 2.45) is 4.99 Å². The van der Waals surface area contributed by atoms with Gasteiger partial charge in [-0.2, -0.15) is 0 Å². The lowest BCUT2D eigenvalue weighted by Crippen LogP contribution is -1.83. The molecule has 0 N–H and O–H groups in total. The SMILES string of the molecule is C/N=C/C=C/c1c2ccccc2cc2ccccc12. The molecule has 0 atom stereocenters. The van der Waals surface area contributed by atoms with Crippen LogP contribution in [0.4, 0.5) is 0 Å². The molecule has 3 aromatic rings. The van der Waals surface area contributed by atoms with Crippen molar-refractivity contribution in [1.29, 1.82) is 0 Å². The van der Waals surface area contributed by atoms with Gasteiger partial charge in [-0.3, -0.25) is 4.99 Å². The van der Waals surface area contributed by atoms with Crippen LogP contribution in [0.2, 0.25) is 0 Å². The smallest absolute Gasteiger partial charge is 0.0277 e. The predicted octanol–water partition coefficient (Wildman–Crippen LogP) is 4.71. The summed E-state index contributed by atoms with van der Waals surface area (Å²) in [4.78, 5) is 4.00. The Hall–Kier alpha value is -2.41. The van der Waals surface area contributed by atoms with Gasteiger partial charge in [0, 0.05) is 13.3 Å². The third-order valence-corrected chi connectivity index (χ3v) is 3.31. The quantitative estimate of drug-likeness (QED) is 0.458. The van der Waals surface area contributed by atoms with Crippen LogP contribution in [0.15, 0.2) is 65.7 Å². The molecule has 1 nitrogen and oxygen atoms in total. The molecule has 0 aliphatic heterocycles. The number of hydrogen-bond donors (Lipinski definition) is 0. The summed E-state index contributed by atoms with van der Waals surface area (Å²) in [6.45, 7) is 0. The second kappa shape index (κ2) is 5.07. The van der Waals surface area contributed by atoms with Gasteiger partial charge < -0.3 is 0 Å². The molecule has 92 valence electrons. The van der Waals surface area contributed by atoms with Crippen LogP contribution in [0.5, 0.6) is 0 Å². The van der Waals surface area contributed by atoms with Gasteiger partial charge >= 0.3 is 0 Å². The monoisotopic (exact) mass is 245 g/mol. The van der Waals surface area contributed by atoms with E-state index in [0.717, 1.165) is 0 Å². The summed E-state index contributed by atoms with van der Waals surface area (Å²) in [5, 5.41) is 5.10. The molecule has 3 rings (SSSR count). The largest absolute Gasteiger partial charge is 0.297 e. The number of aliphatic imine (C=N–C) groups is 1. The molecule has 3 aromatic carbocycles. The highest BCUT2D eigenvalue weighted by Gasteiger charge is 2.03. The Balaban J connectivity index is 2.39. The van der Waals surface area contributed by atoms with Gasteiger partial charge in [-0.05, 0) is 39.3 Å². The zero-order valence-corrected chi connectivity index (χ0v) is 10.9. The van der Waals surface area contributed by atoms with Crippen LogP contribution in [-0.2, 0) is 0 Å². The number of rotatable bonds is 2. The van der Waals surface area contributed by atoms with Crippen LogP contribution in [0.1, 0.15) is 5.56 Å². The van der Waals surface area contributed by atoms with E-state index in [1.165, 1.54) is 27.1 Å². The number of nitrogens with zero attached hydrogens (tertiary/aromatic N) is 1. The highest BCUT2D eigenvalue weighted by Crippen LogP contribution is 2.29. The standard InChI is InChI=1S/C18H15N/c1-19-12-6-11-18-16-9-4-2-7-14(16)13-15-8-3-5-10-17(15)18/h2-13H,1H3/b11-6+,19-12+. The van der Waals surface area contributed by atoms with Crippen molar-refractivity contribution in [3.8, 4) is 0 Å². The first-order valence-electron chi connectivity index (χ1n) is 6.39. The van der Waals surface area contributed by atoms with E-state index < -0.39 is 0 Å². The Labute approximate surface area is 112 Å². The van der Waals surface area contributed by atoms with Crippen molar-refractivity contribution in [2.45, 2.75) is 0 Å². The summed E-state index contributed by atoms with van der Waals surface area (Å²) in [7, 11) is 1.78. The van der Waals surface area contributed by atoms with Crippen molar-refractivity contribution >= 4 is 33.8 Å². The molecule has 0 aliphatic carbocycles. The van der Waals surface area contributed by atoms with E-state index in [9.17, 15) is 0 Å². The van der Waals surface area contributed by atoms with Crippen molar-refractivity contribution in [3.63, 3.8) is 0 Å². The van der Waals surface area contributed by atoms with Crippen molar-refractivity contribution < 1.29 is 0 Å². The van der Waals surface area contributed by atoms with Crippen LogP contribution < -0.4 is 0 Å². The summed E-state index contributed by atoms with van der Waals surface area (Å²) >= 11 is 0. The maximum Gasteiger partial charge on any atom is 0.0277 e. The van der Waals surface area contributed by atoms with Gasteiger partial charge in [-0.1, -0.05) is 54.6 Å². The minimum Gasteiger partial charge on any atom is -0.297 e. The predicted molar refractivity (Wildman–Crippen MR) is 84.9 cm³/mol. The van der Waals surface area contributed by atoms with E-state index in [-0.39, 0.29) is 0 Å². The van der Waals surface area contributed by atoms with Crippen LogP contribution in [0, 0.1) is 0 Å². The normalized spacial score (nSPS) is 12.1. The number of hydrogen-bond acceptors (Lipinski definition) is 1. The highest BCUT2D eigenvalue weighted by molar-refractivity contribution is 6.07. The molecule has 0 aromatic heterocycles. The van der Waals surface area contributed by atoms with Gasteiger partial charge in [0.1, 0.15) is 0 Å². The topological polar surface area (TPSA) is 12.4 Å². The number of allylic oxidation sites excluding steroid dienone is 1. The summed E-state index contributed by atoms with van der Waals surface area (Å²) in [5.74, 6) is 0. The van der Waals surface area contributed by atoms with Crippen LogP contribution >= 0.6 is 0 Å². The van der Waals surface area contributed by atoms with E-state index in [1.807, 2.05) is 12.3 Å². The fourth-order valence-electron chi connectivity index (χ4n) is 2.45. The van der Waals surface area contributed by atoms with E-state index in [4.69, 9.17) is 0 Å². The fourth-order valence-corrected chi connectivity index (χ4v) is 2.45. The van der Waals surface area contributed by atoms with Gasteiger partial charge in [0.25, 0.3) is 0 Å². The van der Waals surface area contributed by atoms with E-state index in [0.29, 0.717) is 0 Å². The molecule has 0 bridgehead atoms. The van der Waals surface area contributed by atoms with Crippen molar-refractivity contribution in [2.75, 3.05) is 7.05 Å². The van der Waals surface area contributed by atoms with Gasteiger partial charge in [0.2, 0.25) is 0 Å².